The summed E-state index contributed by atoms with van der Waals surface area (Å²) in [7, 11) is 0. The lowest BCUT2D eigenvalue weighted by Gasteiger charge is -2.36. The summed E-state index contributed by atoms with van der Waals surface area (Å²) in [6.07, 6.45) is -0.0864. The minimum Gasteiger partial charge on any atom is -0.394 e. The van der Waals surface area contributed by atoms with E-state index in [1.807, 2.05) is 0 Å². The van der Waals surface area contributed by atoms with Gasteiger partial charge in [-0.1, -0.05) is 12.1 Å². The number of aliphatic hydroxyl groups is 1. The van der Waals surface area contributed by atoms with Crippen LogP contribution >= 0.6 is 0 Å². The topological polar surface area (TPSA) is 61.4 Å². The normalized spacial score (nSPS) is 20.7. The highest BCUT2D eigenvalue weighted by Gasteiger charge is 2.53. The van der Waals surface area contributed by atoms with Crippen LogP contribution in [0.2, 0.25) is 0 Å². The van der Waals surface area contributed by atoms with Gasteiger partial charge in [-0.3, -0.25) is 0 Å². The van der Waals surface area contributed by atoms with E-state index in [0.29, 0.717) is 5.41 Å². The van der Waals surface area contributed by atoms with Crippen LogP contribution in [0.3, 0.4) is 0 Å². The van der Waals surface area contributed by atoms with Gasteiger partial charge in [0.15, 0.2) is 0 Å². The van der Waals surface area contributed by atoms with Crippen molar-refractivity contribution < 1.29 is 23.1 Å². The summed E-state index contributed by atoms with van der Waals surface area (Å²) in [6, 6.07) is 3.43. The SMILES string of the molecule is O=C(NC1CC2(CC2)C1)NC(CO)c1cccc(C(F)(F)F)c1. The summed E-state index contributed by atoms with van der Waals surface area (Å²) in [5, 5.41) is 14.7. The average molecular weight is 328 g/mol. The Hall–Kier alpha value is -1.76. The maximum atomic E-state index is 12.7. The van der Waals surface area contributed by atoms with Crippen molar-refractivity contribution in [2.24, 2.45) is 5.41 Å². The van der Waals surface area contributed by atoms with Crippen molar-refractivity contribution in [2.45, 2.75) is 43.9 Å². The quantitative estimate of drug-likeness (QED) is 0.796. The summed E-state index contributed by atoms with van der Waals surface area (Å²) in [5.41, 5.74) is -0.120. The molecular weight excluding hydrogens is 309 g/mol. The highest BCUT2D eigenvalue weighted by atomic mass is 19.4. The second-order valence-corrected chi connectivity index (χ2v) is 6.58. The molecule has 0 heterocycles. The molecule has 0 saturated heterocycles. The molecule has 2 aliphatic rings. The number of nitrogens with one attached hydrogen (secondary N) is 2. The zero-order valence-corrected chi connectivity index (χ0v) is 12.5. The van der Waals surface area contributed by atoms with Crippen molar-refractivity contribution in [3.63, 3.8) is 0 Å². The van der Waals surface area contributed by atoms with Crippen molar-refractivity contribution in [1.29, 1.82) is 0 Å². The number of alkyl halides is 3. The van der Waals surface area contributed by atoms with Crippen LogP contribution in [-0.2, 0) is 6.18 Å². The zero-order valence-electron chi connectivity index (χ0n) is 12.5. The van der Waals surface area contributed by atoms with E-state index in [0.717, 1.165) is 25.0 Å². The molecule has 0 aliphatic heterocycles. The van der Waals surface area contributed by atoms with Gasteiger partial charge in [-0.05, 0) is 48.8 Å². The molecule has 1 aromatic rings. The molecule has 126 valence electrons. The predicted octanol–water partition coefficient (Wildman–Crippen LogP) is 2.98. The third-order valence-corrected chi connectivity index (χ3v) is 4.76. The molecule has 1 atom stereocenters. The molecule has 2 saturated carbocycles. The molecule has 1 aromatic carbocycles. The summed E-state index contributed by atoms with van der Waals surface area (Å²) >= 11 is 0. The Balaban J connectivity index is 1.59. The van der Waals surface area contributed by atoms with E-state index in [2.05, 4.69) is 10.6 Å². The minimum absolute atomic E-state index is 0.123. The fraction of sp³-hybridized carbons (Fsp3) is 0.562. The summed E-state index contributed by atoms with van der Waals surface area (Å²) < 4.78 is 38.2. The number of urea groups is 1. The van der Waals surface area contributed by atoms with Crippen LogP contribution < -0.4 is 10.6 Å². The van der Waals surface area contributed by atoms with Gasteiger partial charge in [-0.2, -0.15) is 13.2 Å². The fourth-order valence-electron chi connectivity index (χ4n) is 3.22. The van der Waals surface area contributed by atoms with E-state index in [-0.39, 0.29) is 11.6 Å². The van der Waals surface area contributed by atoms with Crippen molar-refractivity contribution in [3.8, 4) is 0 Å². The van der Waals surface area contributed by atoms with Gasteiger partial charge in [0.1, 0.15) is 0 Å². The maximum absolute atomic E-state index is 12.7. The Morgan fingerprint density at radius 3 is 2.61 bits per heavy atom. The summed E-state index contributed by atoms with van der Waals surface area (Å²) in [4.78, 5) is 11.9. The monoisotopic (exact) mass is 328 g/mol. The third-order valence-electron chi connectivity index (χ3n) is 4.76. The first-order chi connectivity index (χ1) is 10.8. The first-order valence-electron chi connectivity index (χ1n) is 7.66. The minimum atomic E-state index is -4.46. The van der Waals surface area contributed by atoms with Gasteiger partial charge in [0.2, 0.25) is 0 Å². The van der Waals surface area contributed by atoms with Crippen molar-refractivity contribution in [1.82, 2.24) is 10.6 Å². The van der Waals surface area contributed by atoms with Gasteiger partial charge in [-0.15, -0.1) is 0 Å². The van der Waals surface area contributed by atoms with Gasteiger partial charge >= 0.3 is 12.2 Å². The lowest BCUT2D eigenvalue weighted by atomic mass is 9.77. The molecule has 3 N–H and O–H groups in total. The lowest BCUT2D eigenvalue weighted by molar-refractivity contribution is -0.137. The second kappa shape index (κ2) is 5.70. The van der Waals surface area contributed by atoms with Crippen LogP contribution in [0.4, 0.5) is 18.0 Å². The van der Waals surface area contributed by atoms with Crippen molar-refractivity contribution >= 4 is 6.03 Å². The van der Waals surface area contributed by atoms with Crippen molar-refractivity contribution in [2.75, 3.05) is 6.61 Å². The van der Waals surface area contributed by atoms with Crippen LogP contribution in [0.5, 0.6) is 0 Å². The van der Waals surface area contributed by atoms with Gasteiger partial charge in [0.25, 0.3) is 0 Å². The highest BCUT2D eigenvalue weighted by Crippen LogP contribution is 2.60. The number of hydrogen-bond donors (Lipinski definition) is 3. The molecule has 4 nitrogen and oxygen atoms in total. The lowest BCUT2D eigenvalue weighted by Crippen LogP contribution is -2.50. The van der Waals surface area contributed by atoms with Crippen LogP contribution in [0, 0.1) is 5.41 Å². The molecule has 1 unspecified atom stereocenters. The molecule has 0 aromatic heterocycles. The number of aliphatic hydroxyl groups excluding tert-OH is 1. The maximum Gasteiger partial charge on any atom is 0.416 e. The fourth-order valence-corrected chi connectivity index (χ4v) is 3.22. The predicted molar refractivity (Wildman–Crippen MR) is 77.6 cm³/mol. The van der Waals surface area contributed by atoms with Crippen LogP contribution in [0.15, 0.2) is 24.3 Å². The standard InChI is InChI=1S/C16H19F3N2O2/c17-16(18,19)11-3-1-2-10(6-11)13(9-22)21-14(23)20-12-7-15(8-12)4-5-15/h1-3,6,12-13,22H,4-5,7-9H2,(H2,20,21,23). The summed E-state index contributed by atoms with van der Waals surface area (Å²) in [5.74, 6) is 0. The molecule has 0 bridgehead atoms. The average Bonchev–Trinajstić information content (AvgIpc) is 3.24. The number of benzene rings is 1. The molecule has 1 spiro atoms. The van der Waals surface area contributed by atoms with E-state index in [4.69, 9.17) is 0 Å². The number of halogens is 3. The van der Waals surface area contributed by atoms with Crippen molar-refractivity contribution in [3.05, 3.63) is 35.4 Å². The highest BCUT2D eigenvalue weighted by molar-refractivity contribution is 5.75. The molecule has 3 rings (SSSR count). The smallest absolute Gasteiger partial charge is 0.394 e. The van der Waals surface area contributed by atoms with Gasteiger partial charge in [0.05, 0.1) is 18.2 Å². The van der Waals surface area contributed by atoms with Crippen LogP contribution in [0.25, 0.3) is 0 Å². The van der Waals surface area contributed by atoms with E-state index < -0.39 is 30.4 Å². The second-order valence-electron chi connectivity index (χ2n) is 6.58. The number of amides is 2. The Morgan fingerprint density at radius 2 is 2.04 bits per heavy atom. The molecule has 2 fully saturated rings. The van der Waals surface area contributed by atoms with E-state index in [1.54, 1.807) is 0 Å². The Morgan fingerprint density at radius 1 is 1.35 bits per heavy atom. The van der Waals surface area contributed by atoms with E-state index >= 15 is 0 Å². The van der Waals surface area contributed by atoms with Gasteiger partial charge < -0.3 is 15.7 Å². The Kier molecular flexibility index (Phi) is 4.00. The van der Waals surface area contributed by atoms with E-state index in [1.165, 1.54) is 25.0 Å². The number of hydrogen-bond acceptors (Lipinski definition) is 2. The van der Waals surface area contributed by atoms with E-state index in [9.17, 15) is 23.1 Å². The molecule has 0 radical (unpaired) electrons. The molecular formula is C16H19F3N2O2. The Labute approximate surface area is 132 Å². The number of rotatable bonds is 4. The molecule has 2 aliphatic carbocycles. The largest absolute Gasteiger partial charge is 0.416 e. The number of carbonyl (C=O) groups is 1. The number of carbonyl (C=O) groups excluding carboxylic acids is 1. The molecule has 2 amide bonds. The third kappa shape index (κ3) is 3.60. The molecule has 7 heteroatoms. The zero-order chi connectivity index (χ0) is 16.7. The first kappa shape index (κ1) is 16.1. The molecule has 23 heavy (non-hydrogen) atoms. The summed E-state index contributed by atoms with van der Waals surface area (Å²) in [6.45, 7) is -0.469. The Bertz CT molecular complexity index is 591. The van der Waals surface area contributed by atoms with Crippen LogP contribution in [-0.4, -0.2) is 23.8 Å². The first-order valence-corrected chi connectivity index (χ1v) is 7.66. The van der Waals surface area contributed by atoms with Gasteiger partial charge in [0, 0.05) is 6.04 Å². The van der Waals surface area contributed by atoms with Gasteiger partial charge in [-0.25, -0.2) is 4.79 Å². The van der Waals surface area contributed by atoms with Crippen LogP contribution in [0.1, 0.15) is 42.9 Å².